The van der Waals surface area contributed by atoms with Gasteiger partial charge in [-0.3, -0.25) is 4.79 Å². The van der Waals surface area contributed by atoms with Gasteiger partial charge < -0.3 is 14.8 Å². The number of hydrogen-bond donors (Lipinski definition) is 1. The third-order valence-electron chi connectivity index (χ3n) is 3.26. The van der Waals surface area contributed by atoms with Gasteiger partial charge in [0.1, 0.15) is 0 Å². The summed E-state index contributed by atoms with van der Waals surface area (Å²) >= 11 is 5.56. The van der Waals surface area contributed by atoms with Gasteiger partial charge in [0.2, 0.25) is 0 Å². The summed E-state index contributed by atoms with van der Waals surface area (Å²) in [4.78, 5) is 12.3. The fourth-order valence-corrected chi connectivity index (χ4v) is 2.33. The second kappa shape index (κ2) is 7.65. The number of rotatable bonds is 5. The van der Waals surface area contributed by atoms with Crippen molar-refractivity contribution in [3.05, 3.63) is 52.5 Å². The summed E-state index contributed by atoms with van der Waals surface area (Å²) < 4.78 is 49.1. The van der Waals surface area contributed by atoms with Crippen LogP contribution in [0.3, 0.4) is 0 Å². The summed E-state index contributed by atoms with van der Waals surface area (Å²) in [6.07, 6.45) is -4.61. The third-order valence-corrected chi connectivity index (χ3v) is 3.58. The van der Waals surface area contributed by atoms with Crippen molar-refractivity contribution in [2.45, 2.75) is 13.1 Å². The summed E-state index contributed by atoms with van der Waals surface area (Å²) in [7, 11) is 1.46. The molecule has 0 unspecified atom stereocenters. The van der Waals surface area contributed by atoms with E-state index in [0.717, 1.165) is 12.1 Å². The van der Waals surface area contributed by atoms with E-state index < -0.39 is 22.7 Å². The summed E-state index contributed by atoms with van der Waals surface area (Å²) in [5.74, 6) is 0.230. The number of ether oxygens (including phenoxy) is 2. The molecule has 0 aromatic heterocycles. The predicted octanol–water partition coefficient (Wildman–Crippen LogP) is 5.02. The van der Waals surface area contributed by atoms with Gasteiger partial charge in [0.15, 0.2) is 11.5 Å². The van der Waals surface area contributed by atoms with Crippen LogP contribution in [-0.2, 0) is 6.18 Å². The maximum Gasteiger partial charge on any atom is 0.417 e. The van der Waals surface area contributed by atoms with Crippen LogP contribution in [0.25, 0.3) is 0 Å². The molecule has 2 rings (SSSR count). The van der Waals surface area contributed by atoms with Gasteiger partial charge in [0.05, 0.1) is 24.3 Å². The molecule has 8 heteroatoms. The Kier molecular flexibility index (Phi) is 5.79. The van der Waals surface area contributed by atoms with Crippen LogP contribution in [0, 0.1) is 0 Å². The van der Waals surface area contributed by atoms with Crippen molar-refractivity contribution < 1.29 is 27.4 Å². The zero-order valence-electron chi connectivity index (χ0n) is 13.4. The molecule has 1 N–H and O–H groups in total. The number of nitrogens with one attached hydrogen (secondary N) is 1. The van der Waals surface area contributed by atoms with Gasteiger partial charge in [0.25, 0.3) is 5.91 Å². The lowest BCUT2D eigenvalue weighted by molar-refractivity contribution is -0.137. The number of benzene rings is 2. The van der Waals surface area contributed by atoms with Crippen molar-refractivity contribution in [3.63, 3.8) is 0 Å². The molecule has 0 heterocycles. The van der Waals surface area contributed by atoms with E-state index >= 15 is 0 Å². The minimum absolute atomic E-state index is 0.0181. The summed E-state index contributed by atoms with van der Waals surface area (Å²) in [5, 5.41) is 1.97. The second-order valence-electron chi connectivity index (χ2n) is 4.95. The van der Waals surface area contributed by atoms with E-state index in [1.165, 1.54) is 25.3 Å². The molecule has 0 radical (unpaired) electrons. The molecule has 0 saturated carbocycles. The monoisotopic (exact) mass is 373 g/mol. The molecule has 2 aromatic rings. The third kappa shape index (κ3) is 4.57. The Morgan fingerprint density at radius 3 is 2.48 bits per heavy atom. The lowest BCUT2D eigenvalue weighted by Gasteiger charge is -2.13. The molecular formula is C17H15ClF3NO3. The van der Waals surface area contributed by atoms with Crippen molar-refractivity contribution >= 4 is 23.2 Å². The van der Waals surface area contributed by atoms with Crippen LogP contribution in [-0.4, -0.2) is 19.6 Å². The fourth-order valence-electron chi connectivity index (χ4n) is 2.11. The second-order valence-corrected chi connectivity index (χ2v) is 5.35. The van der Waals surface area contributed by atoms with Crippen LogP contribution in [0.1, 0.15) is 22.8 Å². The number of amides is 1. The minimum Gasteiger partial charge on any atom is -0.493 e. The van der Waals surface area contributed by atoms with Crippen molar-refractivity contribution in [3.8, 4) is 11.5 Å². The van der Waals surface area contributed by atoms with E-state index in [-0.39, 0.29) is 11.3 Å². The van der Waals surface area contributed by atoms with E-state index in [1.807, 2.05) is 0 Å². The van der Waals surface area contributed by atoms with Crippen molar-refractivity contribution in [2.75, 3.05) is 19.0 Å². The van der Waals surface area contributed by atoms with E-state index in [9.17, 15) is 18.0 Å². The summed E-state index contributed by atoms with van der Waals surface area (Å²) in [6.45, 7) is 2.14. The van der Waals surface area contributed by atoms with E-state index in [2.05, 4.69) is 5.32 Å². The van der Waals surface area contributed by atoms with Crippen LogP contribution in [0.4, 0.5) is 18.9 Å². The zero-order valence-corrected chi connectivity index (χ0v) is 14.2. The standard InChI is InChI=1S/C17H15ClF3NO3/c1-3-25-15-8-10(4-7-14(15)24-2)16(23)22-11-5-6-13(18)12(9-11)17(19,20)21/h4-9H,3H2,1-2H3,(H,22,23). The Morgan fingerprint density at radius 2 is 1.88 bits per heavy atom. The normalized spacial score (nSPS) is 11.1. The Hall–Kier alpha value is -2.41. The SMILES string of the molecule is CCOc1cc(C(=O)Nc2ccc(Cl)c(C(F)(F)F)c2)ccc1OC. The molecule has 4 nitrogen and oxygen atoms in total. The molecule has 1 amide bonds. The first kappa shape index (κ1) is 18.9. The quantitative estimate of drug-likeness (QED) is 0.800. The topological polar surface area (TPSA) is 47.6 Å². The maximum atomic E-state index is 12.9. The molecule has 0 saturated heterocycles. The van der Waals surface area contributed by atoms with Crippen LogP contribution in [0.5, 0.6) is 11.5 Å². The smallest absolute Gasteiger partial charge is 0.417 e. The average molecular weight is 374 g/mol. The van der Waals surface area contributed by atoms with E-state index in [0.29, 0.717) is 18.1 Å². The van der Waals surface area contributed by atoms with Gasteiger partial charge in [-0.15, -0.1) is 0 Å². The Bertz CT molecular complexity index is 778. The zero-order chi connectivity index (χ0) is 18.6. The molecule has 0 aliphatic carbocycles. The highest BCUT2D eigenvalue weighted by Crippen LogP contribution is 2.36. The number of anilines is 1. The van der Waals surface area contributed by atoms with Gasteiger partial charge in [-0.25, -0.2) is 0 Å². The van der Waals surface area contributed by atoms with Crippen LogP contribution >= 0.6 is 11.6 Å². The number of carbonyl (C=O) groups excluding carboxylic acids is 1. The molecule has 0 aliphatic rings. The first-order chi connectivity index (χ1) is 11.8. The average Bonchev–Trinajstić information content (AvgIpc) is 2.55. The largest absolute Gasteiger partial charge is 0.493 e. The molecule has 0 fully saturated rings. The van der Waals surface area contributed by atoms with E-state index in [1.54, 1.807) is 13.0 Å². The molecule has 2 aromatic carbocycles. The molecule has 134 valence electrons. The van der Waals surface area contributed by atoms with Crippen molar-refractivity contribution in [1.82, 2.24) is 0 Å². The lowest BCUT2D eigenvalue weighted by atomic mass is 10.1. The highest BCUT2D eigenvalue weighted by molar-refractivity contribution is 6.31. The molecule has 0 atom stereocenters. The number of hydrogen-bond acceptors (Lipinski definition) is 3. The molecule has 0 spiro atoms. The van der Waals surface area contributed by atoms with Gasteiger partial charge in [-0.2, -0.15) is 13.2 Å². The van der Waals surface area contributed by atoms with E-state index in [4.69, 9.17) is 21.1 Å². The van der Waals surface area contributed by atoms with Crippen molar-refractivity contribution in [2.24, 2.45) is 0 Å². The number of halogens is 4. The molecule has 0 bridgehead atoms. The van der Waals surface area contributed by atoms with Gasteiger partial charge in [-0.1, -0.05) is 11.6 Å². The van der Waals surface area contributed by atoms with Crippen LogP contribution in [0.2, 0.25) is 5.02 Å². The molecule has 25 heavy (non-hydrogen) atoms. The lowest BCUT2D eigenvalue weighted by Crippen LogP contribution is -2.14. The Morgan fingerprint density at radius 1 is 1.16 bits per heavy atom. The number of methoxy groups -OCH3 is 1. The summed E-state index contributed by atoms with van der Waals surface area (Å²) in [6, 6.07) is 7.65. The van der Waals surface area contributed by atoms with Gasteiger partial charge in [0, 0.05) is 11.3 Å². The first-order valence-corrected chi connectivity index (χ1v) is 7.63. The molecular weight excluding hydrogens is 359 g/mol. The maximum absolute atomic E-state index is 12.9. The highest BCUT2D eigenvalue weighted by Gasteiger charge is 2.33. The van der Waals surface area contributed by atoms with Crippen molar-refractivity contribution in [1.29, 1.82) is 0 Å². The van der Waals surface area contributed by atoms with Gasteiger partial charge in [-0.05, 0) is 43.3 Å². The highest BCUT2D eigenvalue weighted by atomic mass is 35.5. The van der Waals surface area contributed by atoms with Crippen LogP contribution < -0.4 is 14.8 Å². The molecule has 0 aliphatic heterocycles. The van der Waals surface area contributed by atoms with Crippen LogP contribution in [0.15, 0.2) is 36.4 Å². The Labute approximate surface area is 147 Å². The number of alkyl halides is 3. The first-order valence-electron chi connectivity index (χ1n) is 7.25. The Balaban J connectivity index is 2.27. The minimum atomic E-state index is -4.61. The fraction of sp³-hybridized carbons (Fsp3) is 0.235. The van der Waals surface area contributed by atoms with Gasteiger partial charge >= 0.3 is 6.18 Å². The number of carbonyl (C=O) groups is 1. The summed E-state index contributed by atoms with van der Waals surface area (Å²) in [5.41, 5.74) is -0.819. The predicted molar refractivity (Wildman–Crippen MR) is 88.6 cm³/mol.